The zero-order chi connectivity index (χ0) is 19.5. The Balaban J connectivity index is 1.67. The number of rotatable bonds is 1. The van der Waals surface area contributed by atoms with Gasteiger partial charge in [0.05, 0.1) is 6.61 Å². The minimum Gasteiger partial charge on any atom is -0.484 e. The highest BCUT2D eigenvalue weighted by Crippen LogP contribution is 2.51. The van der Waals surface area contributed by atoms with Crippen molar-refractivity contribution in [1.82, 2.24) is 5.32 Å². The monoisotopic (exact) mass is 404 g/mol. The molecule has 2 saturated heterocycles. The molecule has 0 radical (unpaired) electrons. The van der Waals surface area contributed by atoms with E-state index in [1.54, 1.807) is 6.07 Å². The Hall–Kier alpha value is -1.70. The second kappa shape index (κ2) is 6.40. The summed E-state index contributed by atoms with van der Waals surface area (Å²) in [6, 6.07) is 10.3. The predicted molar refractivity (Wildman–Crippen MR) is 104 cm³/mol. The van der Waals surface area contributed by atoms with Crippen LogP contribution in [0.5, 0.6) is 5.75 Å². The Labute approximate surface area is 167 Å². The van der Waals surface area contributed by atoms with E-state index in [0.717, 1.165) is 29.7 Å². The van der Waals surface area contributed by atoms with Crippen LogP contribution in [0.1, 0.15) is 25.3 Å². The molecule has 3 N–H and O–H groups in total. The maximum absolute atomic E-state index is 13.9. The summed E-state index contributed by atoms with van der Waals surface area (Å²) in [5.74, 6) is 0.388. The van der Waals surface area contributed by atoms with Gasteiger partial charge in [0.2, 0.25) is 0 Å². The molecule has 148 valence electrons. The van der Waals surface area contributed by atoms with Crippen LogP contribution in [0.15, 0.2) is 36.4 Å². The smallest absolute Gasteiger partial charge is 0.161 e. The average Bonchev–Trinajstić information content (AvgIpc) is 3.03. The highest BCUT2D eigenvalue weighted by molar-refractivity contribution is 6.30. The van der Waals surface area contributed by atoms with Crippen molar-refractivity contribution >= 4 is 11.6 Å². The van der Waals surface area contributed by atoms with Crippen molar-refractivity contribution < 1.29 is 18.6 Å². The van der Waals surface area contributed by atoms with Gasteiger partial charge in [-0.05, 0) is 61.2 Å². The molecule has 28 heavy (non-hydrogen) atoms. The summed E-state index contributed by atoms with van der Waals surface area (Å²) in [6.07, 6.45) is 0.983. The molecule has 4 atom stereocenters. The summed E-state index contributed by atoms with van der Waals surface area (Å²) in [7, 11) is 0. The molecule has 0 amide bonds. The zero-order valence-corrected chi connectivity index (χ0v) is 16.3. The van der Waals surface area contributed by atoms with Gasteiger partial charge >= 0.3 is 0 Å². The van der Waals surface area contributed by atoms with Crippen LogP contribution in [-0.2, 0) is 15.0 Å². The summed E-state index contributed by atoms with van der Waals surface area (Å²) in [4.78, 5) is 0. The minimum absolute atomic E-state index is 0.249. The summed E-state index contributed by atoms with van der Waals surface area (Å²) < 4.78 is 32.3. The fraction of sp³-hybridized carbons (Fsp3) is 0.429. The van der Waals surface area contributed by atoms with Gasteiger partial charge in [-0.25, -0.2) is 4.39 Å². The number of hydrogen-bond donors (Lipinski definition) is 2. The number of ether oxygens (including phenoxy) is 3. The molecule has 3 heterocycles. The van der Waals surface area contributed by atoms with Gasteiger partial charge in [0.25, 0.3) is 0 Å². The molecule has 7 heteroatoms. The summed E-state index contributed by atoms with van der Waals surface area (Å²) >= 11 is 6.06. The third-order valence-corrected chi connectivity index (χ3v) is 6.21. The van der Waals surface area contributed by atoms with Crippen LogP contribution in [0.3, 0.4) is 0 Å². The van der Waals surface area contributed by atoms with Crippen molar-refractivity contribution in [2.45, 2.75) is 43.4 Å². The van der Waals surface area contributed by atoms with Crippen LogP contribution in [0, 0.1) is 5.82 Å². The molecule has 2 aromatic carbocycles. The Morgan fingerprint density at radius 2 is 2.04 bits per heavy atom. The molecular formula is C21H22ClFN2O3. The van der Waals surface area contributed by atoms with Crippen LogP contribution in [0.2, 0.25) is 5.02 Å². The van der Waals surface area contributed by atoms with E-state index in [2.05, 4.69) is 12.2 Å². The van der Waals surface area contributed by atoms with Gasteiger partial charge in [0.15, 0.2) is 6.35 Å². The maximum Gasteiger partial charge on any atom is 0.161 e. The van der Waals surface area contributed by atoms with Crippen molar-refractivity contribution in [2.75, 3.05) is 13.2 Å². The van der Waals surface area contributed by atoms with Crippen molar-refractivity contribution in [1.29, 1.82) is 0 Å². The molecule has 0 saturated carbocycles. The van der Waals surface area contributed by atoms with Gasteiger partial charge in [0.1, 0.15) is 28.8 Å². The number of benzene rings is 2. The molecule has 5 nitrogen and oxygen atoms in total. The van der Waals surface area contributed by atoms with Gasteiger partial charge in [-0.2, -0.15) is 0 Å². The molecular weight excluding hydrogens is 383 g/mol. The highest BCUT2D eigenvalue weighted by atomic mass is 35.5. The molecule has 2 aromatic rings. The van der Waals surface area contributed by atoms with E-state index in [9.17, 15) is 4.39 Å². The van der Waals surface area contributed by atoms with E-state index in [1.165, 1.54) is 12.1 Å². The maximum atomic E-state index is 13.9. The van der Waals surface area contributed by atoms with Crippen LogP contribution < -0.4 is 15.8 Å². The average molecular weight is 405 g/mol. The molecule has 5 rings (SSSR count). The largest absolute Gasteiger partial charge is 0.484 e. The molecule has 2 fully saturated rings. The SMILES string of the molecule is C[C@]12CCCO[C@@H]1[C@]1(COC(N)N1)c1cc(-c3cc(F)cc(Cl)c3)ccc1O2. The van der Waals surface area contributed by atoms with Gasteiger partial charge < -0.3 is 14.2 Å². The lowest BCUT2D eigenvalue weighted by Crippen LogP contribution is -2.67. The van der Waals surface area contributed by atoms with E-state index in [1.807, 2.05) is 18.2 Å². The molecule has 3 aliphatic heterocycles. The van der Waals surface area contributed by atoms with Gasteiger partial charge in [-0.15, -0.1) is 0 Å². The number of hydrogen-bond acceptors (Lipinski definition) is 5. The van der Waals surface area contributed by atoms with Gasteiger partial charge in [-0.1, -0.05) is 17.7 Å². The van der Waals surface area contributed by atoms with Crippen molar-refractivity contribution in [3.05, 3.63) is 52.8 Å². The van der Waals surface area contributed by atoms with Crippen molar-refractivity contribution in [3.63, 3.8) is 0 Å². The molecule has 0 aromatic heterocycles. The fourth-order valence-electron chi connectivity index (χ4n) is 4.83. The van der Waals surface area contributed by atoms with Gasteiger partial charge in [0, 0.05) is 17.2 Å². The second-order valence-electron chi connectivity index (χ2n) is 7.99. The quantitative estimate of drug-likeness (QED) is 0.761. The molecule has 0 bridgehead atoms. The Morgan fingerprint density at radius 1 is 1.18 bits per heavy atom. The standard InChI is InChI=1S/C21H22ClFN2O3/c1-20-5-2-6-26-18(20)21(11-27-19(24)25-21)16-9-12(3-4-17(16)28-20)13-7-14(22)10-15(23)8-13/h3-4,7-10,18-19,25H,2,5-6,11,24H2,1H3/t18-,19?,20-,21-/m0/s1. The first-order valence-corrected chi connectivity index (χ1v) is 9.84. The molecule has 1 spiro atoms. The topological polar surface area (TPSA) is 65.7 Å². The number of nitrogens with two attached hydrogens (primary N) is 1. The first-order valence-electron chi connectivity index (χ1n) is 9.46. The first kappa shape index (κ1) is 18.3. The fourth-order valence-corrected chi connectivity index (χ4v) is 5.05. The second-order valence-corrected chi connectivity index (χ2v) is 8.42. The lowest BCUT2D eigenvalue weighted by molar-refractivity contribution is -0.170. The van der Waals surface area contributed by atoms with E-state index in [0.29, 0.717) is 23.8 Å². The summed E-state index contributed by atoms with van der Waals surface area (Å²) in [5.41, 5.74) is 7.39. The van der Waals surface area contributed by atoms with Gasteiger partial charge in [-0.3, -0.25) is 11.1 Å². The Morgan fingerprint density at radius 3 is 2.79 bits per heavy atom. The lowest BCUT2D eigenvalue weighted by atomic mass is 9.72. The Bertz CT molecular complexity index is 922. The lowest BCUT2D eigenvalue weighted by Gasteiger charge is -2.53. The van der Waals surface area contributed by atoms with Crippen LogP contribution >= 0.6 is 11.6 Å². The van der Waals surface area contributed by atoms with Crippen molar-refractivity contribution in [2.24, 2.45) is 5.73 Å². The van der Waals surface area contributed by atoms with Crippen LogP contribution in [0.4, 0.5) is 4.39 Å². The van der Waals surface area contributed by atoms with E-state index < -0.39 is 17.5 Å². The molecule has 1 unspecified atom stereocenters. The predicted octanol–water partition coefficient (Wildman–Crippen LogP) is 3.53. The summed E-state index contributed by atoms with van der Waals surface area (Å²) in [6.45, 7) is 3.11. The first-order chi connectivity index (χ1) is 13.4. The van der Waals surface area contributed by atoms with Crippen LogP contribution in [0.25, 0.3) is 11.1 Å². The number of nitrogens with one attached hydrogen (secondary N) is 1. The third-order valence-electron chi connectivity index (χ3n) is 5.99. The van der Waals surface area contributed by atoms with E-state index >= 15 is 0 Å². The number of halogens is 2. The molecule has 3 aliphatic rings. The van der Waals surface area contributed by atoms with E-state index in [4.69, 9.17) is 31.5 Å². The van der Waals surface area contributed by atoms with Crippen molar-refractivity contribution in [3.8, 4) is 16.9 Å². The highest BCUT2D eigenvalue weighted by Gasteiger charge is 2.60. The minimum atomic E-state index is -0.630. The normalized spacial score (nSPS) is 34.0. The third kappa shape index (κ3) is 2.75. The van der Waals surface area contributed by atoms with Crippen LogP contribution in [-0.4, -0.2) is 31.3 Å². The zero-order valence-electron chi connectivity index (χ0n) is 15.5. The van der Waals surface area contributed by atoms with E-state index in [-0.39, 0.29) is 11.9 Å². The summed E-state index contributed by atoms with van der Waals surface area (Å²) in [5, 5.41) is 3.75. The number of fused-ring (bicyclic) bond motifs is 4. The Kier molecular flexibility index (Phi) is 4.19. The molecule has 0 aliphatic carbocycles.